The Labute approximate surface area is 123 Å². The molecule has 1 aromatic rings. The van der Waals surface area contributed by atoms with Crippen molar-refractivity contribution in [2.45, 2.75) is 13.0 Å². The van der Waals surface area contributed by atoms with Crippen molar-refractivity contribution in [3.8, 4) is 17.6 Å². The Kier molecular flexibility index (Phi) is 7.69. The molecule has 0 saturated carbocycles. The molecule has 0 atom stereocenters. The molecule has 3 N–H and O–H groups in total. The van der Waals surface area contributed by atoms with Gasteiger partial charge in [0.25, 0.3) is 6.43 Å². The average Bonchev–Trinajstić information content (AvgIpc) is 2.45. The highest BCUT2D eigenvalue weighted by molar-refractivity contribution is 5.48. The van der Waals surface area contributed by atoms with Gasteiger partial charge in [-0.15, -0.1) is 0 Å². The number of halogens is 2. The SMILES string of the molecule is COc1ccc(CN(CCO)CC(F)F)cc1C#CCN. The number of rotatable bonds is 7. The standard InChI is InChI=1S/C15H20F2N2O2/c1-21-14-5-4-12(9-13(14)3-2-6-18)10-19(7-8-20)11-15(16)17/h4-5,9,15,20H,6-8,10-11,18H2,1H3. The van der Waals surface area contributed by atoms with Gasteiger partial charge < -0.3 is 15.6 Å². The number of nitrogens with zero attached hydrogens (tertiary/aromatic N) is 1. The number of methoxy groups -OCH3 is 1. The normalized spacial score (nSPS) is 10.6. The predicted molar refractivity (Wildman–Crippen MR) is 77.3 cm³/mol. The van der Waals surface area contributed by atoms with E-state index in [1.165, 1.54) is 12.0 Å². The molecule has 116 valence electrons. The molecule has 1 rings (SSSR count). The maximum absolute atomic E-state index is 12.5. The second-order valence-electron chi connectivity index (χ2n) is 4.39. The van der Waals surface area contributed by atoms with E-state index in [1.54, 1.807) is 18.2 Å². The highest BCUT2D eigenvalue weighted by Gasteiger charge is 2.13. The third kappa shape index (κ3) is 6.08. The first-order valence-electron chi connectivity index (χ1n) is 6.58. The lowest BCUT2D eigenvalue weighted by Crippen LogP contribution is -2.31. The van der Waals surface area contributed by atoms with Crippen LogP contribution in [0.5, 0.6) is 5.75 Å². The second kappa shape index (κ2) is 9.29. The van der Waals surface area contributed by atoms with E-state index in [-0.39, 0.29) is 26.2 Å². The molecule has 0 aromatic heterocycles. The summed E-state index contributed by atoms with van der Waals surface area (Å²) in [7, 11) is 1.54. The van der Waals surface area contributed by atoms with Gasteiger partial charge in [0.2, 0.25) is 0 Å². The van der Waals surface area contributed by atoms with E-state index in [0.29, 0.717) is 17.9 Å². The Balaban J connectivity index is 2.91. The first-order chi connectivity index (χ1) is 10.1. The van der Waals surface area contributed by atoms with Crippen molar-refractivity contribution in [1.82, 2.24) is 4.90 Å². The summed E-state index contributed by atoms with van der Waals surface area (Å²) in [5.74, 6) is 6.25. The van der Waals surface area contributed by atoms with Crippen LogP contribution in [0.1, 0.15) is 11.1 Å². The molecule has 0 aliphatic carbocycles. The van der Waals surface area contributed by atoms with Crippen LogP contribution < -0.4 is 10.5 Å². The molecule has 0 fully saturated rings. The van der Waals surface area contributed by atoms with Gasteiger partial charge in [0.15, 0.2) is 0 Å². The molecule has 21 heavy (non-hydrogen) atoms. The molecule has 0 radical (unpaired) electrons. The van der Waals surface area contributed by atoms with Crippen LogP contribution in [0, 0.1) is 11.8 Å². The Bertz CT molecular complexity index is 498. The van der Waals surface area contributed by atoms with Crippen molar-refractivity contribution in [1.29, 1.82) is 0 Å². The van der Waals surface area contributed by atoms with Gasteiger partial charge in [-0.3, -0.25) is 4.90 Å². The van der Waals surface area contributed by atoms with Gasteiger partial charge in [-0.1, -0.05) is 17.9 Å². The lowest BCUT2D eigenvalue weighted by molar-refractivity contribution is 0.0746. The van der Waals surface area contributed by atoms with Crippen LogP contribution in [0.4, 0.5) is 8.78 Å². The van der Waals surface area contributed by atoms with E-state index in [0.717, 1.165) is 5.56 Å². The molecule has 1 aromatic carbocycles. The van der Waals surface area contributed by atoms with Crippen molar-refractivity contribution >= 4 is 0 Å². The van der Waals surface area contributed by atoms with Crippen molar-refractivity contribution in [3.63, 3.8) is 0 Å². The molecule has 0 saturated heterocycles. The summed E-state index contributed by atoms with van der Waals surface area (Å²) in [6.45, 7) is 0.195. The topological polar surface area (TPSA) is 58.7 Å². The fraction of sp³-hybridized carbons (Fsp3) is 0.467. The number of hydrogen-bond donors (Lipinski definition) is 2. The van der Waals surface area contributed by atoms with Crippen LogP contribution >= 0.6 is 0 Å². The highest BCUT2D eigenvalue weighted by atomic mass is 19.3. The summed E-state index contributed by atoms with van der Waals surface area (Å²) >= 11 is 0. The van der Waals surface area contributed by atoms with Gasteiger partial charge in [-0.2, -0.15) is 0 Å². The Morgan fingerprint density at radius 2 is 2.19 bits per heavy atom. The van der Waals surface area contributed by atoms with Crippen LogP contribution in [0.15, 0.2) is 18.2 Å². The summed E-state index contributed by atoms with van der Waals surface area (Å²) < 4.78 is 30.2. The number of hydrogen-bond acceptors (Lipinski definition) is 4. The maximum Gasteiger partial charge on any atom is 0.251 e. The van der Waals surface area contributed by atoms with Crippen LogP contribution in [-0.2, 0) is 6.54 Å². The fourth-order valence-corrected chi connectivity index (χ4v) is 1.93. The summed E-state index contributed by atoms with van der Waals surface area (Å²) in [6, 6.07) is 5.33. The molecular weight excluding hydrogens is 278 g/mol. The average molecular weight is 298 g/mol. The Hall–Kier alpha value is -1.68. The Morgan fingerprint density at radius 1 is 1.43 bits per heavy atom. The zero-order valence-corrected chi connectivity index (χ0v) is 12.0. The van der Waals surface area contributed by atoms with E-state index in [9.17, 15) is 8.78 Å². The molecule has 0 aliphatic heterocycles. The van der Waals surface area contributed by atoms with Crippen LogP contribution in [0.2, 0.25) is 0 Å². The number of ether oxygens (including phenoxy) is 1. The van der Waals surface area contributed by atoms with Gasteiger partial charge >= 0.3 is 0 Å². The second-order valence-corrected chi connectivity index (χ2v) is 4.39. The van der Waals surface area contributed by atoms with Crippen LogP contribution in [0.25, 0.3) is 0 Å². The van der Waals surface area contributed by atoms with Crippen LogP contribution in [0.3, 0.4) is 0 Å². The first-order valence-corrected chi connectivity index (χ1v) is 6.58. The summed E-state index contributed by atoms with van der Waals surface area (Å²) in [5, 5.41) is 8.94. The third-order valence-electron chi connectivity index (χ3n) is 2.81. The molecule has 6 heteroatoms. The predicted octanol–water partition coefficient (Wildman–Crippen LogP) is 1.06. The minimum Gasteiger partial charge on any atom is -0.495 e. The molecule has 0 amide bonds. The fourth-order valence-electron chi connectivity index (χ4n) is 1.93. The zero-order chi connectivity index (χ0) is 15.7. The van der Waals surface area contributed by atoms with Gasteiger partial charge in [-0.05, 0) is 17.7 Å². The molecular formula is C15H20F2N2O2. The van der Waals surface area contributed by atoms with Crippen molar-refractivity contribution in [2.75, 3.05) is 33.4 Å². The molecule has 0 heterocycles. The first kappa shape index (κ1) is 17.4. The van der Waals surface area contributed by atoms with E-state index < -0.39 is 6.43 Å². The number of benzene rings is 1. The zero-order valence-electron chi connectivity index (χ0n) is 12.0. The molecule has 0 spiro atoms. The molecule has 0 aliphatic rings. The number of nitrogens with two attached hydrogens (primary N) is 1. The van der Waals surface area contributed by atoms with E-state index in [2.05, 4.69) is 11.8 Å². The van der Waals surface area contributed by atoms with E-state index >= 15 is 0 Å². The van der Waals surface area contributed by atoms with Gasteiger partial charge in [0.1, 0.15) is 5.75 Å². The van der Waals surface area contributed by atoms with Gasteiger partial charge in [0.05, 0.1) is 32.4 Å². The minimum atomic E-state index is -2.44. The van der Waals surface area contributed by atoms with Crippen molar-refractivity contribution < 1.29 is 18.6 Å². The minimum absolute atomic E-state index is 0.164. The lowest BCUT2D eigenvalue weighted by Gasteiger charge is -2.21. The number of aliphatic hydroxyl groups excluding tert-OH is 1. The molecule has 0 unspecified atom stereocenters. The summed E-state index contributed by atoms with van der Waals surface area (Å²) in [6.07, 6.45) is -2.44. The number of alkyl halides is 2. The lowest BCUT2D eigenvalue weighted by atomic mass is 10.1. The quantitative estimate of drug-likeness (QED) is 0.739. The van der Waals surface area contributed by atoms with E-state index in [1.807, 2.05) is 0 Å². The van der Waals surface area contributed by atoms with E-state index in [4.69, 9.17) is 15.6 Å². The third-order valence-corrected chi connectivity index (χ3v) is 2.81. The monoisotopic (exact) mass is 298 g/mol. The van der Waals surface area contributed by atoms with Crippen molar-refractivity contribution in [3.05, 3.63) is 29.3 Å². The Morgan fingerprint density at radius 3 is 2.76 bits per heavy atom. The van der Waals surface area contributed by atoms with Crippen molar-refractivity contribution in [2.24, 2.45) is 5.73 Å². The maximum atomic E-state index is 12.5. The van der Waals surface area contributed by atoms with Gasteiger partial charge in [-0.25, -0.2) is 8.78 Å². The molecule has 0 bridgehead atoms. The highest BCUT2D eigenvalue weighted by Crippen LogP contribution is 2.20. The summed E-state index contributed by atoms with van der Waals surface area (Å²) in [5.41, 5.74) is 6.84. The van der Waals surface area contributed by atoms with Gasteiger partial charge in [0, 0.05) is 13.1 Å². The van der Waals surface area contributed by atoms with Crippen LogP contribution in [-0.4, -0.2) is 49.8 Å². The smallest absolute Gasteiger partial charge is 0.251 e. The summed E-state index contributed by atoms with van der Waals surface area (Å²) in [4.78, 5) is 1.49. The molecule has 4 nitrogen and oxygen atoms in total. The largest absolute Gasteiger partial charge is 0.495 e. The number of aliphatic hydroxyl groups is 1.